The summed E-state index contributed by atoms with van der Waals surface area (Å²) in [4.78, 5) is 23.1. The number of morpholine rings is 1. The Morgan fingerprint density at radius 3 is 2.81 bits per heavy atom. The molecular formula is C14H21BrN4O2. The molecule has 1 atom stereocenters. The van der Waals surface area contributed by atoms with E-state index in [0.717, 1.165) is 16.2 Å². The van der Waals surface area contributed by atoms with Crippen molar-refractivity contribution >= 4 is 27.7 Å². The van der Waals surface area contributed by atoms with E-state index in [1.54, 1.807) is 7.05 Å². The van der Waals surface area contributed by atoms with Gasteiger partial charge in [-0.05, 0) is 15.9 Å². The fourth-order valence-corrected chi connectivity index (χ4v) is 2.52. The maximum Gasteiger partial charge on any atom is 0.244 e. The van der Waals surface area contributed by atoms with Crippen LogP contribution < -0.4 is 10.2 Å². The highest BCUT2D eigenvalue weighted by molar-refractivity contribution is 9.10. The summed E-state index contributed by atoms with van der Waals surface area (Å²) in [5.41, 5.74) is -0.159. The van der Waals surface area contributed by atoms with E-state index < -0.39 is 0 Å². The maximum absolute atomic E-state index is 12.0. The fourth-order valence-electron chi connectivity index (χ4n) is 2.15. The van der Waals surface area contributed by atoms with E-state index in [4.69, 9.17) is 4.74 Å². The summed E-state index contributed by atoms with van der Waals surface area (Å²) < 4.78 is 6.15. The number of ether oxygens (including phenoxy) is 1. The third-order valence-corrected chi connectivity index (χ3v) is 3.73. The highest BCUT2D eigenvalue weighted by Crippen LogP contribution is 2.26. The fraction of sp³-hybridized carbons (Fsp3) is 0.643. The minimum absolute atomic E-state index is 0.0678. The number of nitrogens with zero attached hydrogens (tertiary/aromatic N) is 3. The van der Waals surface area contributed by atoms with E-state index in [-0.39, 0.29) is 17.4 Å². The largest absolute Gasteiger partial charge is 0.377 e. The number of amides is 1. The van der Waals surface area contributed by atoms with Crippen LogP contribution in [0.25, 0.3) is 0 Å². The molecule has 0 bridgehead atoms. The molecule has 21 heavy (non-hydrogen) atoms. The molecule has 1 aromatic heterocycles. The Labute approximate surface area is 133 Å². The van der Waals surface area contributed by atoms with Gasteiger partial charge in [-0.2, -0.15) is 0 Å². The molecule has 2 heterocycles. The van der Waals surface area contributed by atoms with Gasteiger partial charge < -0.3 is 15.0 Å². The van der Waals surface area contributed by atoms with Crippen molar-refractivity contribution in [1.82, 2.24) is 15.3 Å². The van der Waals surface area contributed by atoms with E-state index in [9.17, 15) is 4.79 Å². The lowest BCUT2D eigenvalue weighted by molar-refractivity contribution is -0.124. The number of aromatic nitrogens is 2. The van der Waals surface area contributed by atoms with Crippen LogP contribution >= 0.6 is 15.9 Å². The predicted octanol–water partition coefficient (Wildman–Crippen LogP) is 1.49. The molecule has 1 aliphatic heterocycles. The van der Waals surface area contributed by atoms with Crippen molar-refractivity contribution in [3.8, 4) is 0 Å². The number of hydrogen-bond donors (Lipinski definition) is 1. The molecule has 1 amide bonds. The number of hydrogen-bond acceptors (Lipinski definition) is 5. The molecule has 1 aromatic rings. The number of rotatable bonds is 2. The monoisotopic (exact) mass is 356 g/mol. The van der Waals surface area contributed by atoms with Crippen molar-refractivity contribution in [3.05, 3.63) is 16.5 Å². The first kappa shape index (κ1) is 16.2. The van der Waals surface area contributed by atoms with Crippen LogP contribution in [-0.2, 0) is 14.9 Å². The number of carbonyl (C=O) groups excluding carboxylic acids is 1. The average Bonchev–Trinajstić information content (AvgIpc) is 2.45. The van der Waals surface area contributed by atoms with E-state index in [2.05, 4.69) is 52.0 Å². The topological polar surface area (TPSA) is 67.3 Å². The standard InChI is InChI=1S/C14H21BrN4O2/c1-14(2,3)13-17-10(15)7-11(18-13)19-5-6-21-8-9(19)12(20)16-4/h7,9H,5-6,8H2,1-4H3,(H,16,20). The normalized spacial score (nSPS) is 19.5. The molecule has 0 saturated carbocycles. The average molecular weight is 357 g/mol. The summed E-state index contributed by atoms with van der Waals surface area (Å²) in [6.45, 7) is 7.77. The second-order valence-electron chi connectivity index (χ2n) is 6.02. The molecule has 1 fully saturated rings. The lowest BCUT2D eigenvalue weighted by Gasteiger charge is -2.35. The molecule has 1 aliphatic rings. The molecule has 0 aromatic carbocycles. The van der Waals surface area contributed by atoms with Crippen molar-refractivity contribution < 1.29 is 9.53 Å². The summed E-state index contributed by atoms with van der Waals surface area (Å²) in [5.74, 6) is 1.43. The van der Waals surface area contributed by atoms with Gasteiger partial charge in [-0.1, -0.05) is 20.8 Å². The first-order valence-electron chi connectivity index (χ1n) is 6.94. The van der Waals surface area contributed by atoms with Crippen LogP contribution in [0.4, 0.5) is 5.82 Å². The van der Waals surface area contributed by atoms with E-state index >= 15 is 0 Å². The lowest BCUT2D eigenvalue weighted by Crippen LogP contribution is -2.53. The second-order valence-corrected chi connectivity index (χ2v) is 6.83. The zero-order valence-corrected chi connectivity index (χ0v) is 14.4. The van der Waals surface area contributed by atoms with Gasteiger partial charge in [-0.3, -0.25) is 4.79 Å². The van der Waals surface area contributed by atoms with Gasteiger partial charge in [0.1, 0.15) is 22.3 Å². The third kappa shape index (κ3) is 3.71. The minimum atomic E-state index is -0.363. The van der Waals surface area contributed by atoms with Crippen LogP contribution in [0.3, 0.4) is 0 Å². The van der Waals surface area contributed by atoms with Gasteiger partial charge in [-0.25, -0.2) is 9.97 Å². The molecule has 1 unspecified atom stereocenters. The van der Waals surface area contributed by atoms with Crippen LogP contribution in [0.15, 0.2) is 10.7 Å². The highest BCUT2D eigenvalue weighted by Gasteiger charge is 2.31. The third-order valence-electron chi connectivity index (χ3n) is 3.32. The molecule has 1 N–H and O–H groups in total. The Hall–Kier alpha value is -1.21. The quantitative estimate of drug-likeness (QED) is 0.813. The zero-order valence-electron chi connectivity index (χ0n) is 12.8. The van der Waals surface area contributed by atoms with Crippen LogP contribution in [-0.4, -0.2) is 48.7 Å². The van der Waals surface area contributed by atoms with Crippen molar-refractivity contribution in [1.29, 1.82) is 0 Å². The maximum atomic E-state index is 12.0. The zero-order chi connectivity index (χ0) is 15.6. The summed E-state index contributed by atoms with van der Waals surface area (Å²) in [6.07, 6.45) is 0. The number of anilines is 1. The lowest BCUT2D eigenvalue weighted by atomic mass is 9.96. The van der Waals surface area contributed by atoms with Gasteiger partial charge in [0.25, 0.3) is 0 Å². The van der Waals surface area contributed by atoms with Gasteiger partial charge in [0.15, 0.2) is 0 Å². The first-order valence-corrected chi connectivity index (χ1v) is 7.73. The molecule has 0 aliphatic carbocycles. The van der Waals surface area contributed by atoms with Crippen LogP contribution in [0.5, 0.6) is 0 Å². The van der Waals surface area contributed by atoms with Gasteiger partial charge in [0.2, 0.25) is 5.91 Å². The molecule has 1 saturated heterocycles. The number of halogens is 1. The van der Waals surface area contributed by atoms with E-state index in [1.165, 1.54) is 0 Å². The Balaban J connectivity index is 2.39. The highest BCUT2D eigenvalue weighted by atomic mass is 79.9. The number of carbonyl (C=O) groups is 1. The molecule has 116 valence electrons. The van der Waals surface area contributed by atoms with Crippen molar-refractivity contribution in [2.45, 2.75) is 32.2 Å². The smallest absolute Gasteiger partial charge is 0.244 e. The van der Waals surface area contributed by atoms with Crippen LogP contribution in [0.2, 0.25) is 0 Å². The van der Waals surface area contributed by atoms with Gasteiger partial charge in [0, 0.05) is 25.1 Å². The van der Waals surface area contributed by atoms with E-state index in [0.29, 0.717) is 19.8 Å². The Bertz CT molecular complexity index is 530. The first-order chi connectivity index (χ1) is 9.82. The Morgan fingerprint density at radius 1 is 1.48 bits per heavy atom. The van der Waals surface area contributed by atoms with Crippen molar-refractivity contribution in [2.75, 3.05) is 31.7 Å². The SMILES string of the molecule is CNC(=O)C1COCCN1c1cc(Br)nc(C(C)(C)C)n1. The summed E-state index contributed by atoms with van der Waals surface area (Å²) >= 11 is 3.44. The van der Waals surface area contributed by atoms with Gasteiger partial charge in [-0.15, -0.1) is 0 Å². The summed E-state index contributed by atoms with van der Waals surface area (Å²) in [6, 6.07) is 1.48. The van der Waals surface area contributed by atoms with Gasteiger partial charge in [0.05, 0.1) is 13.2 Å². The molecule has 0 radical (unpaired) electrons. The van der Waals surface area contributed by atoms with Crippen molar-refractivity contribution in [3.63, 3.8) is 0 Å². The number of nitrogens with one attached hydrogen (secondary N) is 1. The second kappa shape index (κ2) is 6.27. The summed E-state index contributed by atoms with van der Waals surface area (Å²) in [7, 11) is 1.63. The molecule has 6 nitrogen and oxygen atoms in total. The number of likely N-dealkylation sites (N-methyl/N-ethyl adjacent to an activating group) is 1. The van der Waals surface area contributed by atoms with Gasteiger partial charge >= 0.3 is 0 Å². The van der Waals surface area contributed by atoms with Crippen molar-refractivity contribution in [2.24, 2.45) is 0 Å². The molecule has 2 rings (SSSR count). The molecular weight excluding hydrogens is 336 g/mol. The molecule has 7 heteroatoms. The Kier molecular flexibility index (Phi) is 4.83. The van der Waals surface area contributed by atoms with E-state index in [1.807, 2.05) is 11.0 Å². The van der Waals surface area contributed by atoms with Crippen LogP contribution in [0, 0.1) is 0 Å². The predicted molar refractivity (Wildman–Crippen MR) is 84.5 cm³/mol. The minimum Gasteiger partial charge on any atom is -0.377 e. The summed E-state index contributed by atoms with van der Waals surface area (Å²) in [5, 5.41) is 2.68. The Morgan fingerprint density at radius 2 is 2.19 bits per heavy atom. The van der Waals surface area contributed by atoms with Crippen LogP contribution in [0.1, 0.15) is 26.6 Å². The molecule has 0 spiro atoms.